The number of nitrogens with one attached hydrogen (secondary N) is 1. The van der Waals surface area contributed by atoms with Crippen molar-refractivity contribution in [2.24, 2.45) is 5.73 Å². The first kappa shape index (κ1) is 16.5. The zero-order valence-corrected chi connectivity index (χ0v) is 12.6. The molecule has 0 spiro atoms. The molecule has 0 fully saturated rings. The highest BCUT2D eigenvalue weighted by Gasteiger charge is 2.15. The number of carbonyl (C=O) groups excluding carboxylic acids is 1. The first-order valence-corrected chi connectivity index (χ1v) is 6.87. The average Bonchev–Trinajstić information content (AvgIpc) is 2.45. The predicted octanol–water partition coefficient (Wildman–Crippen LogP) is 0.633. The van der Waals surface area contributed by atoms with Crippen molar-refractivity contribution in [3.63, 3.8) is 0 Å². The number of likely N-dealkylation sites (N-methyl/N-ethyl adjacent to an activating group) is 1. The van der Waals surface area contributed by atoms with Crippen LogP contribution in [0.1, 0.15) is 12.5 Å². The summed E-state index contributed by atoms with van der Waals surface area (Å²) in [6.07, 6.45) is 0.838. The van der Waals surface area contributed by atoms with Gasteiger partial charge in [0.15, 0.2) is 0 Å². The summed E-state index contributed by atoms with van der Waals surface area (Å²) in [6.45, 7) is 3.46. The monoisotopic (exact) mass is 279 g/mol. The van der Waals surface area contributed by atoms with Crippen molar-refractivity contribution in [1.29, 1.82) is 0 Å². The quantitative estimate of drug-likeness (QED) is 0.732. The number of nitrogens with zero attached hydrogens (tertiary/aromatic N) is 1. The maximum absolute atomic E-state index is 11.7. The Morgan fingerprint density at radius 1 is 1.45 bits per heavy atom. The lowest BCUT2D eigenvalue weighted by Gasteiger charge is -2.24. The van der Waals surface area contributed by atoms with E-state index < -0.39 is 0 Å². The second-order valence-corrected chi connectivity index (χ2v) is 4.92. The van der Waals surface area contributed by atoms with Crippen molar-refractivity contribution in [3.05, 3.63) is 29.8 Å². The Morgan fingerprint density at radius 2 is 2.15 bits per heavy atom. The van der Waals surface area contributed by atoms with Crippen LogP contribution in [0.3, 0.4) is 0 Å². The van der Waals surface area contributed by atoms with Gasteiger partial charge in [0.05, 0.1) is 13.7 Å². The summed E-state index contributed by atoms with van der Waals surface area (Å²) in [6, 6.07) is 8.21. The van der Waals surface area contributed by atoms with Crippen molar-refractivity contribution in [2.75, 3.05) is 33.8 Å². The molecule has 5 heteroatoms. The highest BCUT2D eigenvalue weighted by atomic mass is 16.5. The average molecular weight is 279 g/mol. The topological polar surface area (TPSA) is 67.6 Å². The molecule has 0 aromatic heterocycles. The summed E-state index contributed by atoms with van der Waals surface area (Å²) in [7, 11) is 3.62. The van der Waals surface area contributed by atoms with Crippen LogP contribution in [0.15, 0.2) is 24.3 Å². The maximum Gasteiger partial charge on any atom is 0.234 e. The van der Waals surface area contributed by atoms with Crippen LogP contribution >= 0.6 is 0 Å². The van der Waals surface area contributed by atoms with Crippen LogP contribution in [0.2, 0.25) is 0 Å². The van der Waals surface area contributed by atoms with Gasteiger partial charge in [-0.05, 0) is 32.0 Å². The molecule has 1 rings (SSSR count). The molecule has 5 nitrogen and oxygen atoms in total. The van der Waals surface area contributed by atoms with Crippen LogP contribution in [0, 0.1) is 0 Å². The molecule has 1 aromatic rings. The van der Waals surface area contributed by atoms with E-state index in [0.29, 0.717) is 19.6 Å². The minimum Gasteiger partial charge on any atom is -0.496 e. The molecule has 0 aliphatic carbocycles. The van der Waals surface area contributed by atoms with Gasteiger partial charge in [0, 0.05) is 19.1 Å². The number of amides is 1. The molecule has 20 heavy (non-hydrogen) atoms. The molecule has 0 aliphatic heterocycles. The summed E-state index contributed by atoms with van der Waals surface area (Å²) in [4.78, 5) is 13.7. The molecule has 0 radical (unpaired) electrons. The highest BCUT2D eigenvalue weighted by Crippen LogP contribution is 2.20. The third-order valence-electron chi connectivity index (χ3n) is 3.32. The lowest BCUT2D eigenvalue weighted by molar-refractivity contribution is -0.122. The zero-order chi connectivity index (χ0) is 15.0. The van der Waals surface area contributed by atoms with Crippen LogP contribution < -0.4 is 15.8 Å². The van der Waals surface area contributed by atoms with E-state index in [0.717, 1.165) is 17.7 Å². The molecule has 3 N–H and O–H groups in total. The molecule has 1 aromatic carbocycles. The fourth-order valence-electron chi connectivity index (χ4n) is 2.00. The van der Waals surface area contributed by atoms with E-state index >= 15 is 0 Å². The first-order chi connectivity index (χ1) is 9.58. The first-order valence-electron chi connectivity index (χ1n) is 6.87. The van der Waals surface area contributed by atoms with E-state index in [-0.39, 0.29) is 11.9 Å². The molecular formula is C15H25N3O2. The molecule has 0 bridgehead atoms. The second kappa shape index (κ2) is 8.55. The van der Waals surface area contributed by atoms with Crippen molar-refractivity contribution < 1.29 is 9.53 Å². The molecule has 112 valence electrons. The van der Waals surface area contributed by atoms with E-state index in [1.807, 2.05) is 30.1 Å². The predicted molar refractivity (Wildman–Crippen MR) is 80.9 cm³/mol. The van der Waals surface area contributed by atoms with Crippen LogP contribution in [0.25, 0.3) is 0 Å². The lowest BCUT2D eigenvalue weighted by Crippen LogP contribution is -2.41. The fraction of sp³-hybridized carbons (Fsp3) is 0.533. The Kier molecular flexibility index (Phi) is 7.04. The van der Waals surface area contributed by atoms with Gasteiger partial charge in [0.2, 0.25) is 5.91 Å². The summed E-state index contributed by atoms with van der Waals surface area (Å²) >= 11 is 0. The Morgan fingerprint density at radius 3 is 2.80 bits per heavy atom. The number of para-hydroxylation sites is 1. The molecule has 0 aliphatic rings. The third-order valence-corrected chi connectivity index (χ3v) is 3.32. The molecule has 0 saturated carbocycles. The van der Waals surface area contributed by atoms with Crippen LogP contribution in [0.4, 0.5) is 0 Å². The third kappa shape index (κ3) is 5.19. The number of carbonyl (C=O) groups is 1. The zero-order valence-electron chi connectivity index (χ0n) is 12.6. The van der Waals surface area contributed by atoms with Crippen LogP contribution in [-0.4, -0.2) is 50.6 Å². The number of hydrogen-bond donors (Lipinski definition) is 2. The maximum atomic E-state index is 11.7. The minimum absolute atomic E-state index is 0.00447. The SMILES string of the molecule is COc1ccccc1CC(C)N(C)CC(=O)NCCN. The van der Waals surface area contributed by atoms with Gasteiger partial charge in [0.1, 0.15) is 5.75 Å². The number of methoxy groups -OCH3 is 1. The van der Waals surface area contributed by atoms with Gasteiger partial charge < -0.3 is 15.8 Å². The largest absolute Gasteiger partial charge is 0.496 e. The van der Waals surface area contributed by atoms with Crippen molar-refractivity contribution in [2.45, 2.75) is 19.4 Å². The van der Waals surface area contributed by atoms with Crippen LogP contribution in [-0.2, 0) is 11.2 Å². The standard InChI is InChI=1S/C15H25N3O2/c1-12(18(2)11-15(19)17-9-8-16)10-13-6-4-5-7-14(13)20-3/h4-7,12H,8-11,16H2,1-3H3,(H,17,19). The van der Waals surface area contributed by atoms with E-state index in [1.165, 1.54) is 0 Å². The Bertz CT molecular complexity index is 423. The lowest BCUT2D eigenvalue weighted by atomic mass is 10.1. The fourth-order valence-corrected chi connectivity index (χ4v) is 2.00. The molecule has 1 unspecified atom stereocenters. The molecule has 1 amide bonds. The normalized spacial score (nSPS) is 12.2. The number of hydrogen-bond acceptors (Lipinski definition) is 4. The van der Waals surface area contributed by atoms with Gasteiger partial charge in [-0.25, -0.2) is 0 Å². The summed E-state index contributed by atoms with van der Waals surface area (Å²) in [5.74, 6) is 0.894. The summed E-state index contributed by atoms with van der Waals surface area (Å²) < 4.78 is 5.35. The van der Waals surface area contributed by atoms with E-state index in [1.54, 1.807) is 7.11 Å². The Balaban J connectivity index is 2.52. The Hall–Kier alpha value is -1.59. The van der Waals surface area contributed by atoms with Gasteiger partial charge >= 0.3 is 0 Å². The number of benzene rings is 1. The number of nitrogens with two attached hydrogens (primary N) is 1. The van der Waals surface area contributed by atoms with Gasteiger partial charge in [-0.1, -0.05) is 18.2 Å². The molecule has 0 heterocycles. The number of ether oxygens (including phenoxy) is 1. The van der Waals surface area contributed by atoms with E-state index in [9.17, 15) is 4.79 Å². The molecular weight excluding hydrogens is 254 g/mol. The number of rotatable bonds is 8. The van der Waals surface area contributed by atoms with Crippen LogP contribution in [0.5, 0.6) is 5.75 Å². The van der Waals surface area contributed by atoms with Gasteiger partial charge in [-0.3, -0.25) is 9.69 Å². The van der Waals surface area contributed by atoms with E-state index in [2.05, 4.69) is 18.3 Å². The minimum atomic E-state index is 0.00447. The van der Waals surface area contributed by atoms with Gasteiger partial charge in [-0.15, -0.1) is 0 Å². The van der Waals surface area contributed by atoms with E-state index in [4.69, 9.17) is 10.5 Å². The molecule has 0 saturated heterocycles. The highest BCUT2D eigenvalue weighted by molar-refractivity contribution is 5.78. The smallest absolute Gasteiger partial charge is 0.234 e. The summed E-state index contributed by atoms with van der Waals surface area (Å²) in [5, 5.41) is 2.77. The van der Waals surface area contributed by atoms with Crippen molar-refractivity contribution in [1.82, 2.24) is 10.2 Å². The Labute approximate surface area is 121 Å². The van der Waals surface area contributed by atoms with Crippen molar-refractivity contribution in [3.8, 4) is 5.75 Å². The second-order valence-electron chi connectivity index (χ2n) is 4.92. The van der Waals surface area contributed by atoms with Crippen molar-refractivity contribution >= 4 is 5.91 Å². The van der Waals surface area contributed by atoms with Gasteiger partial charge in [-0.2, -0.15) is 0 Å². The molecule has 1 atom stereocenters. The summed E-state index contributed by atoms with van der Waals surface area (Å²) in [5.41, 5.74) is 6.51. The van der Waals surface area contributed by atoms with Gasteiger partial charge in [0.25, 0.3) is 0 Å².